The number of allylic oxidation sites excluding steroid dienone is 3. The molecule has 0 aromatic carbocycles. The van der Waals surface area contributed by atoms with Gasteiger partial charge in [-0.2, -0.15) is 0 Å². The molecule has 2 unspecified atom stereocenters. The lowest BCUT2D eigenvalue weighted by molar-refractivity contribution is 0.242. The van der Waals surface area contributed by atoms with Crippen LogP contribution in [-0.4, -0.2) is 11.2 Å². The van der Waals surface area contributed by atoms with Crippen molar-refractivity contribution in [2.45, 2.75) is 46.6 Å². The average molecular weight is 194 g/mol. The quantitative estimate of drug-likeness (QED) is 0.683. The van der Waals surface area contributed by atoms with Gasteiger partial charge in [0.05, 0.1) is 6.10 Å². The molecule has 0 heterocycles. The predicted molar refractivity (Wildman–Crippen MR) is 61.1 cm³/mol. The summed E-state index contributed by atoms with van der Waals surface area (Å²) in [5.41, 5.74) is 1.84. The van der Waals surface area contributed by atoms with Crippen LogP contribution in [0.4, 0.5) is 0 Å². The van der Waals surface area contributed by atoms with E-state index in [2.05, 4.69) is 32.9 Å². The Morgan fingerprint density at radius 2 is 2.29 bits per heavy atom. The van der Waals surface area contributed by atoms with E-state index in [1.807, 2.05) is 6.08 Å². The highest BCUT2D eigenvalue weighted by atomic mass is 16.3. The summed E-state index contributed by atoms with van der Waals surface area (Å²) in [5.74, 6) is 0.706. The van der Waals surface area contributed by atoms with Crippen LogP contribution in [0.3, 0.4) is 0 Å². The van der Waals surface area contributed by atoms with Crippen LogP contribution >= 0.6 is 0 Å². The molecule has 2 atom stereocenters. The Bertz CT molecular complexity index is 246. The van der Waals surface area contributed by atoms with E-state index in [1.54, 1.807) is 6.92 Å². The minimum Gasteiger partial charge on any atom is -0.389 e. The van der Waals surface area contributed by atoms with Crippen LogP contribution < -0.4 is 0 Å². The molecule has 0 aromatic rings. The van der Waals surface area contributed by atoms with Crippen molar-refractivity contribution in [3.63, 3.8) is 0 Å². The monoisotopic (exact) mass is 194 g/mol. The highest BCUT2D eigenvalue weighted by molar-refractivity contribution is 5.18. The van der Waals surface area contributed by atoms with Crippen molar-refractivity contribution in [1.82, 2.24) is 0 Å². The Labute approximate surface area is 87.5 Å². The maximum absolute atomic E-state index is 9.11. The van der Waals surface area contributed by atoms with Gasteiger partial charge in [0.2, 0.25) is 0 Å². The fourth-order valence-electron chi connectivity index (χ4n) is 2.03. The molecule has 0 amide bonds. The van der Waals surface area contributed by atoms with E-state index < -0.39 is 0 Å². The van der Waals surface area contributed by atoms with Crippen LogP contribution in [0.25, 0.3) is 0 Å². The van der Waals surface area contributed by atoms with E-state index in [0.29, 0.717) is 11.3 Å². The minimum absolute atomic E-state index is 0.312. The van der Waals surface area contributed by atoms with Crippen LogP contribution in [-0.2, 0) is 0 Å². The standard InChI is InChI=1S/C13H22O/c1-10-8-9-12(13(10,3)4)7-5-6-11(2)14/h5-6,8,11-12,14H,7,9H2,1-4H3. The van der Waals surface area contributed by atoms with Gasteiger partial charge in [-0.15, -0.1) is 0 Å². The first-order valence-corrected chi connectivity index (χ1v) is 5.46. The van der Waals surface area contributed by atoms with Crippen molar-refractivity contribution in [1.29, 1.82) is 0 Å². The smallest absolute Gasteiger partial charge is 0.0692 e. The Kier molecular flexibility index (Phi) is 3.54. The van der Waals surface area contributed by atoms with Gasteiger partial charge in [-0.05, 0) is 38.0 Å². The first-order chi connectivity index (χ1) is 6.44. The highest BCUT2D eigenvalue weighted by Crippen LogP contribution is 2.44. The predicted octanol–water partition coefficient (Wildman–Crippen LogP) is 3.31. The Morgan fingerprint density at radius 3 is 2.71 bits per heavy atom. The van der Waals surface area contributed by atoms with Crippen LogP contribution in [0.5, 0.6) is 0 Å². The van der Waals surface area contributed by atoms with Crippen molar-refractivity contribution < 1.29 is 5.11 Å². The van der Waals surface area contributed by atoms with Gasteiger partial charge >= 0.3 is 0 Å². The summed E-state index contributed by atoms with van der Waals surface area (Å²) in [6.45, 7) is 8.64. The molecule has 1 aliphatic carbocycles. The zero-order valence-electron chi connectivity index (χ0n) is 9.75. The molecular formula is C13H22O. The fourth-order valence-corrected chi connectivity index (χ4v) is 2.03. The van der Waals surface area contributed by atoms with Gasteiger partial charge in [-0.1, -0.05) is 37.6 Å². The summed E-state index contributed by atoms with van der Waals surface area (Å²) in [5, 5.41) is 9.11. The molecule has 0 aliphatic heterocycles. The van der Waals surface area contributed by atoms with Crippen molar-refractivity contribution in [2.24, 2.45) is 11.3 Å². The number of aliphatic hydroxyl groups is 1. The van der Waals surface area contributed by atoms with Gasteiger partial charge in [0, 0.05) is 0 Å². The average Bonchev–Trinajstić information content (AvgIpc) is 2.30. The molecule has 0 saturated carbocycles. The molecular weight excluding hydrogens is 172 g/mol. The first-order valence-electron chi connectivity index (χ1n) is 5.46. The van der Waals surface area contributed by atoms with Crippen molar-refractivity contribution in [3.05, 3.63) is 23.8 Å². The van der Waals surface area contributed by atoms with E-state index in [0.717, 1.165) is 6.42 Å². The minimum atomic E-state index is -0.312. The fraction of sp³-hybridized carbons (Fsp3) is 0.692. The van der Waals surface area contributed by atoms with Crippen LogP contribution in [0.1, 0.15) is 40.5 Å². The number of aliphatic hydroxyl groups excluding tert-OH is 1. The van der Waals surface area contributed by atoms with E-state index in [1.165, 1.54) is 12.0 Å². The normalized spacial score (nSPS) is 28.1. The largest absolute Gasteiger partial charge is 0.389 e. The van der Waals surface area contributed by atoms with Crippen LogP contribution in [0.2, 0.25) is 0 Å². The molecule has 1 heteroatoms. The second-order valence-corrected chi connectivity index (χ2v) is 4.95. The van der Waals surface area contributed by atoms with E-state index in [4.69, 9.17) is 5.11 Å². The molecule has 80 valence electrons. The van der Waals surface area contributed by atoms with Crippen molar-refractivity contribution in [2.75, 3.05) is 0 Å². The van der Waals surface area contributed by atoms with E-state index in [9.17, 15) is 0 Å². The zero-order valence-corrected chi connectivity index (χ0v) is 9.75. The first kappa shape index (κ1) is 11.5. The summed E-state index contributed by atoms with van der Waals surface area (Å²) >= 11 is 0. The molecule has 0 aromatic heterocycles. The highest BCUT2D eigenvalue weighted by Gasteiger charge is 2.33. The molecule has 1 nitrogen and oxygen atoms in total. The van der Waals surface area contributed by atoms with Crippen molar-refractivity contribution >= 4 is 0 Å². The summed E-state index contributed by atoms with van der Waals surface area (Å²) in [4.78, 5) is 0. The Hall–Kier alpha value is -0.560. The SMILES string of the molecule is CC1=CCC(CC=CC(C)O)C1(C)C. The van der Waals surface area contributed by atoms with E-state index in [-0.39, 0.29) is 6.10 Å². The summed E-state index contributed by atoms with van der Waals surface area (Å²) < 4.78 is 0. The second kappa shape index (κ2) is 4.31. The van der Waals surface area contributed by atoms with Gasteiger partial charge in [0.25, 0.3) is 0 Å². The molecule has 0 saturated heterocycles. The molecule has 0 spiro atoms. The van der Waals surface area contributed by atoms with Gasteiger partial charge < -0.3 is 5.11 Å². The lowest BCUT2D eigenvalue weighted by Crippen LogP contribution is -2.19. The second-order valence-electron chi connectivity index (χ2n) is 4.95. The van der Waals surface area contributed by atoms with E-state index >= 15 is 0 Å². The van der Waals surface area contributed by atoms with Gasteiger partial charge in [-0.25, -0.2) is 0 Å². The Morgan fingerprint density at radius 1 is 1.64 bits per heavy atom. The summed E-state index contributed by atoms with van der Waals surface area (Å²) in [6, 6.07) is 0. The number of rotatable bonds is 3. The molecule has 1 rings (SSSR count). The third-order valence-electron chi connectivity index (χ3n) is 3.58. The number of hydrogen-bond donors (Lipinski definition) is 1. The summed E-state index contributed by atoms with van der Waals surface area (Å²) in [6.07, 6.45) is 8.29. The van der Waals surface area contributed by atoms with Crippen LogP contribution in [0, 0.1) is 11.3 Å². The maximum Gasteiger partial charge on any atom is 0.0692 e. The lowest BCUT2D eigenvalue weighted by Gasteiger charge is -2.28. The van der Waals surface area contributed by atoms with Gasteiger partial charge in [0.1, 0.15) is 0 Å². The van der Waals surface area contributed by atoms with Gasteiger partial charge in [0.15, 0.2) is 0 Å². The van der Waals surface area contributed by atoms with Crippen LogP contribution in [0.15, 0.2) is 23.8 Å². The third-order valence-corrected chi connectivity index (χ3v) is 3.58. The molecule has 1 aliphatic rings. The molecule has 0 fully saturated rings. The zero-order chi connectivity index (χ0) is 10.8. The summed E-state index contributed by atoms with van der Waals surface area (Å²) in [7, 11) is 0. The van der Waals surface area contributed by atoms with Crippen molar-refractivity contribution in [3.8, 4) is 0 Å². The molecule has 0 bridgehead atoms. The molecule has 1 N–H and O–H groups in total. The third kappa shape index (κ3) is 2.48. The molecule has 0 radical (unpaired) electrons. The maximum atomic E-state index is 9.11. The molecule has 14 heavy (non-hydrogen) atoms. The number of hydrogen-bond acceptors (Lipinski definition) is 1. The lowest BCUT2D eigenvalue weighted by atomic mass is 9.76. The topological polar surface area (TPSA) is 20.2 Å². The van der Waals surface area contributed by atoms with Gasteiger partial charge in [-0.3, -0.25) is 0 Å². The Balaban J connectivity index is 2.49.